The van der Waals surface area contributed by atoms with Crippen molar-refractivity contribution < 1.29 is 5.21 Å². The predicted octanol–water partition coefficient (Wildman–Crippen LogP) is 3.07. The van der Waals surface area contributed by atoms with Crippen molar-refractivity contribution in [1.29, 1.82) is 0 Å². The summed E-state index contributed by atoms with van der Waals surface area (Å²) < 4.78 is 0.658. The van der Waals surface area contributed by atoms with Gasteiger partial charge in [-0.25, -0.2) is 0 Å². The Balaban J connectivity index is 2.44. The lowest BCUT2D eigenvalue weighted by molar-refractivity contribution is 0.304. The van der Waals surface area contributed by atoms with Crippen LogP contribution in [-0.2, 0) is 0 Å². The molecule has 0 saturated carbocycles. The van der Waals surface area contributed by atoms with Gasteiger partial charge in [-0.1, -0.05) is 55.7 Å². The van der Waals surface area contributed by atoms with Gasteiger partial charge in [0.1, 0.15) is 0 Å². The Hall–Kier alpha value is -1.13. The largest absolute Gasteiger partial charge is 0.410 e. The van der Waals surface area contributed by atoms with Crippen LogP contribution in [0, 0.1) is 6.92 Å². The molecule has 1 aromatic carbocycles. The van der Waals surface area contributed by atoms with E-state index in [1.165, 1.54) is 21.5 Å². The molecule has 2 nitrogen and oxygen atoms in total. The minimum absolute atomic E-state index is 0.658. The topological polar surface area (TPSA) is 32.6 Å². The van der Waals surface area contributed by atoms with Crippen LogP contribution in [0.25, 0.3) is 10.4 Å². The molecule has 0 atom stereocenters. The van der Waals surface area contributed by atoms with E-state index >= 15 is 0 Å². The molecule has 1 N–H and O–H groups in total. The summed E-state index contributed by atoms with van der Waals surface area (Å²) in [4.78, 5) is 1.14. The van der Waals surface area contributed by atoms with Crippen molar-refractivity contribution in [2.24, 2.45) is 5.16 Å². The Kier molecular flexibility index (Phi) is 2.65. The first-order valence-electron chi connectivity index (χ1n) is 4.15. The summed E-state index contributed by atoms with van der Waals surface area (Å²) in [6.07, 6.45) is 0. The highest BCUT2D eigenvalue weighted by molar-refractivity contribution is 7.69. The van der Waals surface area contributed by atoms with Crippen LogP contribution in [0.3, 0.4) is 0 Å². The molecule has 0 aliphatic rings. The van der Waals surface area contributed by atoms with Crippen LogP contribution in [0.15, 0.2) is 35.5 Å². The molecule has 4 heteroatoms. The summed E-state index contributed by atoms with van der Waals surface area (Å²) in [6.45, 7) is 2.06. The zero-order chi connectivity index (χ0) is 9.97. The number of hydrogen-bond acceptors (Lipinski definition) is 4. The van der Waals surface area contributed by atoms with E-state index in [4.69, 9.17) is 5.21 Å². The van der Waals surface area contributed by atoms with Crippen LogP contribution >= 0.6 is 20.7 Å². The van der Waals surface area contributed by atoms with Gasteiger partial charge >= 0.3 is 0 Å². The van der Waals surface area contributed by atoms with E-state index in [0.717, 1.165) is 4.88 Å². The number of hydrogen-bond donors (Lipinski definition) is 1. The van der Waals surface area contributed by atoms with Crippen LogP contribution in [0.2, 0.25) is 0 Å². The van der Waals surface area contributed by atoms with Gasteiger partial charge in [-0.2, -0.15) is 0 Å². The van der Waals surface area contributed by atoms with Crippen LogP contribution in [0.5, 0.6) is 0 Å². The van der Waals surface area contributed by atoms with Gasteiger partial charge in [0.15, 0.2) is 4.67 Å². The first kappa shape index (κ1) is 9.43. The first-order chi connectivity index (χ1) is 6.79. The molecule has 0 aliphatic carbocycles. The van der Waals surface area contributed by atoms with Gasteiger partial charge in [0.25, 0.3) is 0 Å². The lowest BCUT2D eigenvalue weighted by Gasteiger charge is -1.96. The maximum absolute atomic E-state index is 8.58. The molecule has 14 heavy (non-hydrogen) atoms. The maximum Gasteiger partial charge on any atom is 0.166 e. The van der Waals surface area contributed by atoms with Crippen molar-refractivity contribution in [3.05, 3.63) is 40.6 Å². The highest BCUT2D eigenvalue weighted by Crippen LogP contribution is 2.25. The summed E-state index contributed by atoms with van der Waals surface area (Å²) in [5, 5.41) is 11.7. The van der Waals surface area contributed by atoms with Crippen molar-refractivity contribution in [2.75, 3.05) is 0 Å². The molecular formula is C10H9NOS2. The fourth-order valence-electron chi connectivity index (χ4n) is 1.14. The molecule has 2 rings (SSSR count). The molecule has 0 amide bonds. The van der Waals surface area contributed by atoms with Gasteiger partial charge in [-0.15, -0.1) is 0 Å². The lowest BCUT2D eigenvalue weighted by atomic mass is 10.1. The van der Waals surface area contributed by atoms with Crippen molar-refractivity contribution in [3.8, 4) is 10.4 Å². The number of benzene rings is 1. The standard InChI is InChI=1S/C10H9NOS2/c1-7-2-4-8(5-3-7)9-6-10(11-12)14-13-9/h2-6,12H,1H3/b11-10-. The molecule has 0 spiro atoms. The zero-order valence-electron chi connectivity index (χ0n) is 7.60. The van der Waals surface area contributed by atoms with Crippen molar-refractivity contribution in [1.82, 2.24) is 0 Å². The van der Waals surface area contributed by atoms with E-state index in [-0.39, 0.29) is 0 Å². The van der Waals surface area contributed by atoms with Gasteiger partial charge in [-0.05, 0) is 18.6 Å². The molecule has 72 valence electrons. The number of aryl methyl sites for hydroxylation is 1. The monoisotopic (exact) mass is 223 g/mol. The normalized spacial score (nSPS) is 11.9. The SMILES string of the molecule is Cc1ccc(-c2c/c(=N/O)ss2)cc1. The van der Waals surface area contributed by atoms with Gasteiger partial charge in [0, 0.05) is 4.88 Å². The summed E-state index contributed by atoms with van der Waals surface area (Å²) >= 11 is 0. The van der Waals surface area contributed by atoms with Crippen LogP contribution < -0.4 is 4.67 Å². The van der Waals surface area contributed by atoms with Crippen LogP contribution in [0.4, 0.5) is 0 Å². The highest BCUT2D eigenvalue weighted by atomic mass is 32.9. The molecule has 0 aliphatic heterocycles. The summed E-state index contributed by atoms with van der Waals surface area (Å²) in [5.74, 6) is 0. The van der Waals surface area contributed by atoms with E-state index in [1.807, 2.05) is 6.07 Å². The third-order valence-corrected chi connectivity index (χ3v) is 4.19. The van der Waals surface area contributed by atoms with E-state index < -0.39 is 0 Å². The molecule has 1 heterocycles. The second kappa shape index (κ2) is 3.94. The fourth-order valence-corrected chi connectivity index (χ4v) is 3.19. The van der Waals surface area contributed by atoms with E-state index in [1.54, 1.807) is 10.3 Å². The number of nitrogens with zero attached hydrogens (tertiary/aromatic N) is 1. The Labute approximate surface area is 89.2 Å². The minimum atomic E-state index is 0.658. The van der Waals surface area contributed by atoms with E-state index in [2.05, 4.69) is 36.3 Å². The van der Waals surface area contributed by atoms with Crippen LogP contribution in [-0.4, -0.2) is 5.21 Å². The maximum atomic E-state index is 8.58. The van der Waals surface area contributed by atoms with Crippen molar-refractivity contribution in [3.63, 3.8) is 0 Å². The molecule has 2 aromatic rings. The molecule has 0 saturated heterocycles. The second-order valence-corrected chi connectivity index (χ2v) is 5.17. The first-order valence-corrected chi connectivity index (χ1v) is 6.30. The quantitative estimate of drug-likeness (QED) is 0.450. The average molecular weight is 223 g/mol. The minimum Gasteiger partial charge on any atom is -0.410 e. The van der Waals surface area contributed by atoms with E-state index in [0.29, 0.717) is 4.67 Å². The molecule has 1 aromatic heterocycles. The highest BCUT2D eigenvalue weighted by Gasteiger charge is 1.99. The summed E-state index contributed by atoms with van der Waals surface area (Å²) in [5.41, 5.74) is 2.42. The van der Waals surface area contributed by atoms with Gasteiger partial charge in [0.2, 0.25) is 0 Å². The molecule has 0 bridgehead atoms. The summed E-state index contributed by atoms with van der Waals surface area (Å²) in [7, 11) is 3.09. The average Bonchev–Trinajstić information content (AvgIpc) is 2.67. The Morgan fingerprint density at radius 2 is 1.86 bits per heavy atom. The van der Waals surface area contributed by atoms with Gasteiger partial charge in [0.05, 0.1) is 0 Å². The Bertz CT molecular complexity index is 481. The molecule has 0 unspecified atom stereocenters. The smallest absolute Gasteiger partial charge is 0.166 e. The molecule has 0 radical (unpaired) electrons. The van der Waals surface area contributed by atoms with Gasteiger partial charge in [-0.3, -0.25) is 0 Å². The van der Waals surface area contributed by atoms with Crippen molar-refractivity contribution >= 4 is 20.7 Å². The third kappa shape index (κ3) is 1.86. The van der Waals surface area contributed by atoms with E-state index in [9.17, 15) is 0 Å². The number of rotatable bonds is 1. The van der Waals surface area contributed by atoms with Crippen LogP contribution in [0.1, 0.15) is 5.56 Å². The van der Waals surface area contributed by atoms with Crippen molar-refractivity contribution in [2.45, 2.75) is 6.92 Å². The third-order valence-electron chi connectivity index (χ3n) is 1.91. The Morgan fingerprint density at radius 3 is 2.43 bits per heavy atom. The second-order valence-electron chi connectivity index (χ2n) is 2.98. The summed E-state index contributed by atoms with van der Waals surface area (Å²) in [6, 6.07) is 10.2. The predicted molar refractivity (Wildman–Crippen MR) is 59.7 cm³/mol. The Morgan fingerprint density at radius 1 is 1.14 bits per heavy atom. The lowest BCUT2D eigenvalue weighted by Crippen LogP contribution is -1.87. The molecular weight excluding hydrogens is 214 g/mol. The fraction of sp³-hybridized carbons (Fsp3) is 0.100. The van der Waals surface area contributed by atoms with Gasteiger partial charge < -0.3 is 5.21 Å². The zero-order valence-corrected chi connectivity index (χ0v) is 9.23. The molecule has 0 fully saturated rings.